The van der Waals surface area contributed by atoms with Gasteiger partial charge in [0.05, 0.1) is 0 Å². The summed E-state index contributed by atoms with van der Waals surface area (Å²) in [5.41, 5.74) is 0. The van der Waals surface area contributed by atoms with E-state index in [-0.39, 0.29) is 11.0 Å². The smallest absolute Gasteiger partial charge is 0.211 e. The molecule has 0 aliphatic heterocycles. The normalized spacial score (nSPS) is 11.7. The van der Waals surface area contributed by atoms with E-state index in [1.807, 2.05) is 0 Å². The van der Waals surface area contributed by atoms with Crippen LogP contribution in [-0.2, 0) is 10.0 Å². The maximum absolute atomic E-state index is 13.2. The highest BCUT2D eigenvalue weighted by molar-refractivity contribution is 9.10. The number of rotatable bonds is 3. The minimum atomic E-state index is -3.93. The van der Waals surface area contributed by atoms with Gasteiger partial charge >= 0.3 is 0 Å². The van der Waals surface area contributed by atoms with Crippen LogP contribution in [0.1, 0.15) is 6.92 Å². The molecule has 0 aliphatic carbocycles. The maximum Gasteiger partial charge on any atom is 0.244 e. The van der Waals surface area contributed by atoms with Crippen LogP contribution in [0.2, 0.25) is 0 Å². The largest absolute Gasteiger partial charge is 0.244 e. The first-order chi connectivity index (χ1) is 6.88. The molecule has 0 aliphatic rings. The van der Waals surface area contributed by atoms with Crippen molar-refractivity contribution in [1.29, 1.82) is 0 Å². The molecule has 0 atom stereocenters. The van der Waals surface area contributed by atoms with Gasteiger partial charge in [-0.2, -0.15) is 0 Å². The predicted octanol–water partition coefficient (Wildman–Crippen LogP) is 2.03. The van der Waals surface area contributed by atoms with Crippen molar-refractivity contribution in [3.63, 3.8) is 0 Å². The molecule has 0 amide bonds. The first kappa shape index (κ1) is 12.5. The number of hydrogen-bond donors (Lipinski definition) is 1. The Kier molecular flexibility index (Phi) is 3.80. The number of nitrogens with one attached hydrogen (secondary N) is 1. The fourth-order valence-electron chi connectivity index (χ4n) is 1.05. The second-order valence-corrected chi connectivity index (χ2v) is 5.26. The molecular formula is C8H8BrF2NO2S. The van der Waals surface area contributed by atoms with Crippen molar-refractivity contribution in [1.82, 2.24) is 4.72 Å². The van der Waals surface area contributed by atoms with Crippen molar-refractivity contribution in [3.05, 3.63) is 28.2 Å². The molecule has 0 heterocycles. The van der Waals surface area contributed by atoms with Crippen LogP contribution in [0.4, 0.5) is 8.78 Å². The fourth-order valence-corrected chi connectivity index (χ4v) is 3.25. The van der Waals surface area contributed by atoms with E-state index in [4.69, 9.17) is 0 Å². The van der Waals surface area contributed by atoms with E-state index in [1.54, 1.807) is 6.92 Å². The Bertz CT molecular complexity index is 453. The van der Waals surface area contributed by atoms with Crippen molar-refractivity contribution in [2.75, 3.05) is 6.54 Å². The molecule has 0 unspecified atom stereocenters. The third-order valence-electron chi connectivity index (χ3n) is 1.57. The van der Waals surface area contributed by atoms with Crippen molar-refractivity contribution in [2.45, 2.75) is 11.8 Å². The van der Waals surface area contributed by atoms with E-state index >= 15 is 0 Å². The van der Waals surface area contributed by atoms with Crippen LogP contribution in [0, 0.1) is 11.6 Å². The highest BCUT2D eigenvalue weighted by Crippen LogP contribution is 2.25. The van der Waals surface area contributed by atoms with Crippen molar-refractivity contribution >= 4 is 26.0 Å². The molecule has 15 heavy (non-hydrogen) atoms. The topological polar surface area (TPSA) is 46.2 Å². The van der Waals surface area contributed by atoms with E-state index in [0.717, 1.165) is 6.07 Å². The van der Waals surface area contributed by atoms with Gasteiger partial charge in [-0.15, -0.1) is 0 Å². The molecule has 1 N–H and O–H groups in total. The van der Waals surface area contributed by atoms with E-state index in [2.05, 4.69) is 20.7 Å². The van der Waals surface area contributed by atoms with Crippen molar-refractivity contribution < 1.29 is 17.2 Å². The van der Waals surface area contributed by atoms with Gasteiger partial charge in [-0.25, -0.2) is 21.9 Å². The Morgan fingerprint density at radius 3 is 2.47 bits per heavy atom. The zero-order valence-corrected chi connectivity index (χ0v) is 10.1. The third kappa shape index (κ3) is 2.73. The number of hydrogen-bond acceptors (Lipinski definition) is 2. The molecular weight excluding hydrogens is 292 g/mol. The molecule has 0 radical (unpaired) electrons. The minimum Gasteiger partial charge on any atom is -0.211 e. The van der Waals surface area contributed by atoms with Gasteiger partial charge in [-0.3, -0.25) is 0 Å². The lowest BCUT2D eigenvalue weighted by Crippen LogP contribution is -2.24. The highest BCUT2D eigenvalue weighted by Gasteiger charge is 2.22. The van der Waals surface area contributed by atoms with Gasteiger partial charge in [-0.05, 0) is 22.0 Å². The molecule has 1 aromatic carbocycles. The van der Waals surface area contributed by atoms with Gasteiger partial charge in [0.1, 0.15) is 16.5 Å². The molecule has 84 valence electrons. The molecule has 0 fully saturated rings. The quantitative estimate of drug-likeness (QED) is 0.928. The van der Waals surface area contributed by atoms with E-state index < -0.39 is 26.6 Å². The summed E-state index contributed by atoms with van der Waals surface area (Å²) in [6, 6.07) is 1.42. The predicted molar refractivity (Wildman–Crippen MR) is 54.9 cm³/mol. The molecule has 0 spiro atoms. The summed E-state index contributed by atoms with van der Waals surface area (Å²) in [5, 5.41) is 0. The van der Waals surface area contributed by atoms with E-state index in [0.29, 0.717) is 6.07 Å². The van der Waals surface area contributed by atoms with E-state index in [1.165, 1.54) is 0 Å². The van der Waals surface area contributed by atoms with Gasteiger partial charge in [-0.1, -0.05) is 6.92 Å². The lowest BCUT2D eigenvalue weighted by molar-refractivity contribution is 0.541. The summed E-state index contributed by atoms with van der Waals surface area (Å²) in [4.78, 5) is -0.578. The highest BCUT2D eigenvalue weighted by atomic mass is 79.9. The summed E-state index contributed by atoms with van der Waals surface area (Å²) in [7, 11) is -3.93. The molecule has 1 rings (SSSR count). The number of halogens is 3. The Balaban J connectivity index is 3.38. The monoisotopic (exact) mass is 299 g/mol. The van der Waals surface area contributed by atoms with Crippen LogP contribution in [0.5, 0.6) is 0 Å². The van der Waals surface area contributed by atoms with E-state index in [9.17, 15) is 17.2 Å². The zero-order chi connectivity index (χ0) is 11.6. The Labute approximate surface area is 94.7 Å². The minimum absolute atomic E-state index is 0.131. The Morgan fingerprint density at radius 1 is 1.40 bits per heavy atom. The van der Waals surface area contributed by atoms with Crippen LogP contribution in [-0.4, -0.2) is 15.0 Å². The summed E-state index contributed by atoms with van der Waals surface area (Å²) in [6.45, 7) is 1.69. The van der Waals surface area contributed by atoms with Crippen LogP contribution in [0.25, 0.3) is 0 Å². The SMILES string of the molecule is CCNS(=O)(=O)c1c(F)cc(F)cc1Br. The summed E-state index contributed by atoms with van der Waals surface area (Å²) in [5.74, 6) is -1.96. The maximum atomic E-state index is 13.2. The average molecular weight is 300 g/mol. The van der Waals surface area contributed by atoms with Crippen LogP contribution in [0.3, 0.4) is 0 Å². The Hall–Kier alpha value is -0.530. The molecule has 0 bridgehead atoms. The second-order valence-electron chi connectivity index (χ2n) is 2.70. The van der Waals surface area contributed by atoms with Crippen LogP contribution in [0.15, 0.2) is 21.5 Å². The van der Waals surface area contributed by atoms with Gasteiger partial charge in [0.25, 0.3) is 0 Å². The molecule has 7 heteroatoms. The Morgan fingerprint density at radius 2 is 2.00 bits per heavy atom. The first-order valence-corrected chi connectivity index (χ1v) is 6.30. The second kappa shape index (κ2) is 4.54. The zero-order valence-electron chi connectivity index (χ0n) is 7.72. The van der Waals surface area contributed by atoms with Gasteiger partial charge in [0.15, 0.2) is 0 Å². The first-order valence-electron chi connectivity index (χ1n) is 4.02. The van der Waals surface area contributed by atoms with Gasteiger partial charge < -0.3 is 0 Å². The summed E-state index contributed by atoms with van der Waals surface area (Å²) >= 11 is 2.80. The lowest BCUT2D eigenvalue weighted by Gasteiger charge is -2.07. The molecule has 3 nitrogen and oxygen atoms in total. The van der Waals surface area contributed by atoms with Crippen molar-refractivity contribution in [2.24, 2.45) is 0 Å². The van der Waals surface area contributed by atoms with Gasteiger partial charge in [0, 0.05) is 17.1 Å². The summed E-state index contributed by atoms with van der Waals surface area (Å²) in [6.07, 6.45) is 0. The third-order valence-corrected chi connectivity index (χ3v) is 4.08. The number of benzene rings is 1. The average Bonchev–Trinajstić information content (AvgIpc) is 1.99. The van der Waals surface area contributed by atoms with Crippen LogP contribution >= 0.6 is 15.9 Å². The fraction of sp³-hybridized carbons (Fsp3) is 0.250. The van der Waals surface area contributed by atoms with Crippen LogP contribution < -0.4 is 4.72 Å². The van der Waals surface area contributed by atoms with Crippen molar-refractivity contribution in [3.8, 4) is 0 Å². The summed E-state index contributed by atoms with van der Waals surface area (Å²) < 4.78 is 50.9. The molecule has 1 aromatic rings. The number of sulfonamides is 1. The molecule has 0 saturated heterocycles. The van der Waals surface area contributed by atoms with Gasteiger partial charge in [0.2, 0.25) is 10.0 Å². The molecule has 0 aromatic heterocycles. The standard InChI is InChI=1S/C8H8BrF2NO2S/c1-2-12-15(13,14)8-6(9)3-5(10)4-7(8)11/h3-4,12H,2H2,1H3. The molecule has 0 saturated carbocycles. The lowest BCUT2D eigenvalue weighted by atomic mass is 10.3.